The van der Waals surface area contributed by atoms with Gasteiger partial charge in [-0.2, -0.15) is 0 Å². The van der Waals surface area contributed by atoms with Gasteiger partial charge >= 0.3 is 0 Å². The first-order valence-electron chi connectivity index (χ1n) is 5.25. The zero-order valence-electron chi connectivity index (χ0n) is 9.21. The predicted octanol–water partition coefficient (Wildman–Crippen LogP) is 3.37. The van der Waals surface area contributed by atoms with Gasteiger partial charge in [0.15, 0.2) is 0 Å². The van der Waals surface area contributed by atoms with Gasteiger partial charge in [-0.25, -0.2) is 4.98 Å². The molecule has 0 aliphatic heterocycles. The molecule has 0 aliphatic rings. The van der Waals surface area contributed by atoms with Crippen molar-refractivity contribution in [1.82, 2.24) is 9.97 Å². The molecule has 84 valence electrons. The summed E-state index contributed by atoms with van der Waals surface area (Å²) in [6, 6.07) is 9.23. The lowest BCUT2D eigenvalue weighted by Crippen LogP contribution is -1.80. The SMILES string of the molecule is Cc1cc(O)cc2sc(-c3ccccn3)nc12. The van der Waals surface area contributed by atoms with Crippen LogP contribution in [0.4, 0.5) is 0 Å². The molecule has 0 fully saturated rings. The predicted molar refractivity (Wildman–Crippen MR) is 69.3 cm³/mol. The highest BCUT2D eigenvalue weighted by Gasteiger charge is 2.09. The number of phenols is 1. The lowest BCUT2D eigenvalue weighted by molar-refractivity contribution is 0.476. The number of fused-ring (bicyclic) bond motifs is 1. The van der Waals surface area contributed by atoms with Crippen molar-refractivity contribution in [3.63, 3.8) is 0 Å². The second-order valence-corrected chi connectivity index (χ2v) is 4.87. The van der Waals surface area contributed by atoms with Gasteiger partial charge in [0.1, 0.15) is 10.8 Å². The molecule has 0 spiro atoms. The maximum absolute atomic E-state index is 9.55. The summed E-state index contributed by atoms with van der Waals surface area (Å²) >= 11 is 1.55. The summed E-state index contributed by atoms with van der Waals surface area (Å²) in [7, 11) is 0. The molecule has 0 unspecified atom stereocenters. The van der Waals surface area contributed by atoms with Gasteiger partial charge < -0.3 is 5.11 Å². The van der Waals surface area contributed by atoms with E-state index in [1.54, 1.807) is 29.7 Å². The van der Waals surface area contributed by atoms with E-state index in [4.69, 9.17) is 0 Å². The minimum atomic E-state index is 0.284. The normalized spacial score (nSPS) is 10.9. The molecular formula is C13H10N2OS. The van der Waals surface area contributed by atoms with Gasteiger partial charge in [-0.1, -0.05) is 6.07 Å². The number of thiazole rings is 1. The van der Waals surface area contributed by atoms with Gasteiger partial charge in [0.25, 0.3) is 0 Å². The number of phenolic OH excluding ortho intramolecular Hbond substituents is 1. The van der Waals surface area contributed by atoms with Crippen molar-refractivity contribution in [2.75, 3.05) is 0 Å². The Labute approximate surface area is 102 Å². The average molecular weight is 242 g/mol. The first kappa shape index (κ1) is 10.2. The molecule has 3 aromatic rings. The summed E-state index contributed by atoms with van der Waals surface area (Å²) in [6.07, 6.45) is 1.76. The van der Waals surface area contributed by atoms with Crippen LogP contribution >= 0.6 is 11.3 Å². The van der Waals surface area contributed by atoms with Crippen molar-refractivity contribution in [3.8, 4) is 16.5 Å². The Hall–Kier alpha value is -1.94. The van der Waals surface area contributed by atoms with E-state index in [1.807, 2.05) is 25.1 Å². The monoisotopic (exact) mass is 242 g/mol. The maximum Gasteiger partial charge on any atom is 0.143 e. The molecule has 0 bridgehead atoms. The van der Waals surface area contributed by atoms with E-state index in [1.165, 1.54) is 0 Å². The number of pyridine rings is 1. The third-order valence-corrected chi connectivity index (χ3v) is 3.58. The van der Waals surface area contributed by atoms with Crippen LogP contribution in [-0.4, -0.2) is 15.1 Å². The van der Waals surface area contributed by atoms with Crippen molar-refractivity contribution in [2.45, 2.75) is 6.92 Å². The number of nitrogens with zero attached hydrogens (tertiary/aromatic N) is 2. The van der Waals surface area contributed by atoms with E-state index in [0.29, 0.717) is 0 Å². The number of aromatic hydroxyl groups is 1. The van der Waals surface area contributed by atoms with E-state index >= 15 is 0 Å². The third kappa shape index (κ3) is 1.76. The van der Waals surface area contributed by atoms with Gasteiger partial charge in [0, 0.05) is 6.20 Å². The Kier molecular flexibility index (Phi) is 2.30. The number of benzene rings is 1. The fourth-order valence-electron chi connectivity index (χ4n) is 1.78. The molecule has 0 aliphatic carbocycles. The Bertz CT molecular complexity index is 676. The lowest BCUT2D eigenvalue weighted by Gasteiger charge is -1.95. The molecule has 3 rings (SSSR count). The summed E-state index contributed by atoms with van der Waals surface area (Å²) < 4.78 is 0.989. The zero-order valence-corrected chi connectivity index (χ0v) is 10.0. The van der Waals surface area contributed by atoms with Crippen LogP contribution in [0.15, 0.2) is 36.5 Å². The number of aromatic nitrogens is 2. The first-order valence-corrected chi connectivity index (χ1v) is 6.07. The summed E-state index contributed by atoms with van der Waals surface area (Å²) in [5, 5.41) is 10.4. The van der Waals surface area contributed by atoms with Crippen LogP contribution in [0, 0.1) is 6.92 Å². The van der Waals surface area contributed by atoms with Gasteiger partial charge in [0.2, 0.25) is 0 Å². The minimum Gasteiger partial charge on any atom is -0.508 e. The van der Waals surface area contributed by atoms with E-state index in [0.717, 1.165) is 26.5 Å². The van der Waals surface area contributed by atoms with Crippen LogP contribution in [0.1, 0.15) is 5.56 Å². The highest BCUT2D eigenvalue weighted by molar-refractivity contribution is 7.21. The molecule has 0 saturated heterocycles. The van der Waals surface area contributed by atoms with Gasteiger partial charge in [0.05, 0.1) is 15.9 Å². The Morgan fingerprint density at radius 1 is 1.24 bits per heavy atom. The summed E-state index contributed by atoms with van der Waals surface area (Å²) in [6.45, 7) is 1.95. The highest BCUT2D eigenvalue weighted by atomic mass is 32.1. The molecule has 1 aromatic carbocycles. The minimum absolute atomic E-state index is 0.284. The van der Waals surface area contributed by atoms with Crippen molar-refractivity contribution in [2.24, 2.45) is 0 Å². The van der Waals surface area contributed by atoms with Gasteiger partial charge in [-0.3, -0.25) is 4.98 Å². The highest BCUT2D eigenvalue weighted by Crippen LogP contribution is 2.32. The van der Waals surface area contributed by atoms with Crippen LogP contribution < -0.4 is 0 Å². The van der Waals surface area contributed by atoms with Crippen LogP contribution in [-0.2, 0) is 0 Å². The molecule has 3 nitrogen and oxygen atoms in total. The van der Waals surface area contributed by atoms with E-state index in [2.05, 4.69) is 9.97 Å². The molecule has 2 heterocycles. The fourth-order valence-corrected chi connectivity index (χ4v) is 2.83. The molecule has 0 radical (unpaired) electrons. The average Bonchev–Trinajstić information content (AvgIpc) is 2.74. The van der Waals surface area contributed by atoms with Crippen LogP contribution in [0.3, 0.4) is 0 Å². The molecule has 0 amide bonds. The Morgan fingerprint density at radius 3 is 2.88 bits per heavy atom. The molecule has 1 N–H and O–H groups in total. The number of rotatable bonds is 1. The first-order chi connectivity index (χ1) is 8.24. The van der Waals surface area contributed by atoms with Gasteiger partial charge in [-0.05, 0) is 36.8 Å². The second-order valence-electron chi connectivity index (χ2n) is 3.84. The quantitative estimate of drug-likeness (QED) is 0.711. The summed E-state index contributed by atoms with van der Waals surface area (Å²) in [5.41, 5.74) is 2.79. The van der Waals surface area contributed by atoms with E-state index in [-0.39, 0.29) is 5.75 Å². The smallest absolute Gasteiger partial charge is 0.143 e. The maximum atomic E-state index is 9.55. The molecule has 17 heavy (non-hydrogen) atoms. The molecule has 0 saturated carbocycles. The van der Waals surface area contributed by atoms with Crippen LogP contribution in [0.5, 0.6) is 5.75 Å². The van der Waals surface area contributed by atoms with Crippen molar-refractivity contribution in [3.05, 3.63) is 42.1 Å². The molecule has 2 aromatic heterocycles. The molecule has 4 heteroatoms. The van der Waals surface area contributed by atoms with Gasteiger partial charge in [-0.15, -0.1) is 11.3 Å². The standard InChI is InChI=1S/C13H10N2OS/c1-8-6-9(16)7-11-12(8)15-13(17-11)10-4-2-3-5-14-10/h2-7,16H,1H3. The number of hydrogen-bond acceptors (Lipinski definition) is 4. The van der Waals surface area contributed by atoms with Crippen molar-refractivity contribution < 1.29 is 5.11 Å². The fraction of sp³-hybridized carbons (Fsp3) is 0.0769. The third-order valence-electron chi connectivity index (χ3n) is 2.55. The summed E-state index contributed by atoms with van der Waals surface area (Å²) in [5.74, 6) is 0.284. The second kappa shape index (κ2) is 3.82. The summed E-state index contributed by atoms with van der Waals surface area (Å²) in [4.78, 5) is 8.85. The van der Waals surface area contributed by atoms with Crippen LogP contribution in [0.25, 0.3) is 20.9 Å². The van der Waals surface area contributed by atoms with Crippen LogP contribution in [0.2, 0.25) is 0 Å². The zero-order chi connectivity index (χ0) is 11.8. The number of hydrogen-bond donors (Lipinski definition) is 1. The Balaban J connectivity index is 2.24. The molecular weight excluding hydrogens is 232 g/mol. The van der Waals surface area contributed by atoms with E-state index in [9.17, 15) is 5.11 Å². The van der Waals surface area contributed by atoms with Crippen molar-refractivity contribution >= 4 is 21.6 Å². The number of aryl methyl sites for hydroxylation is 1. The van der Waals surface area contributed by atoms with E-state index < -0.39 is 0 Å². The largest absolute Gasteiger partial charge is 0.508 e. The Morgan fingerprint density at radius 2 is 2.12 bits per heavy atom. The topological polar surface area (TPSA) is 46.0 Å². The molecule has 0 atom stereocenters. The van der Waals surface area contributed by atoms with Crippen molar-refractivity contribution in [1.29, 1.82) is 0 Å². The lowest BCUT2D eigenvalue weighted by atomic mass is 10.2.